The van der Waals surface area contributed by atoms with Crippen LogP contribution in [0.5, 0.6) is 0 Å². The van der Waals surface area contributed by atoms with Gasteiger partial charge in [0.25, 0.3) is 0 Å². The van der Waals surface area contributed by atoms with Crippen LogP contribution in [0.15, 0.2) is 18.2 Å². The number of benzene rings is 1. The van der Waals surface area contributed by atoms with Gasteiger partial charge >= 0.3 is 0 Å². The van der Waals surface area contributed by atoms with Gasteiger partial charge in [0, 0.05) is 37.8 Å². The summed E-state index contributed by atoms with van der Waals surface area (Å²) in [4.78, 5) is 2.48. The standard InChI is InChI=1S/C16H23FN2.ClH/c1-12-5-6-14(15(17)11-12)16(13-3-2-4-13)19-9-7-18-8-10-19;/h5-6,11,13,16,18H,2-4,7-10H2,1H3;1H/t16-;/m1./s1. The van der Waals surface area contributed by atoms with Crippen molar-refractivity contribution in [3.05, 3.63) is 35.1 Å². The fourth-order valence-electron chi connectivity index (χ4n) is 3.34. The number of halogens is 2. The fraction of sp³-hybridized carbons (Fsp3) is 0.625. The van der Waals surface area contributed by atoms with Crippen LogP contribution in [0.2, 0.25) is 0 Å². The van der Waals surface area contributed by atoms with Gasteiger partial charge in [-0.1, -0.05) is 18.6 Å². The van der Waals surface area contributed by atoms with E-state index in [-0.39, 0.29) is 24.3 Å². The van der Waals surface area contributed by atoms with E-state index >= 15 is 0 Å². The van der Waals surface area contributed by atoms with Gasteiger partial charge in [0.15, 0.2) is 0 Å². The number of nitrogens with one attached hydrogen (secondary N) is 1. The quantitative estimate of drug-likeness (QED) is 0.921. The van der Waals surface area contributed by atoms with Crippen LogP contribution in [-0.4, -0.2) is 31.1 Å². The van der Waals surface area contributed by atoms with Gasteiger partial charge in [0.05, 0.1) is 0 Å². The second-order valence-corrected chi connectivity index (χ2v) is 5.95. The average molecular weight is 299 g/mol. The Labute approximate surface area is 127 Å². The molecule has 20 heavy (non-hydrogen) atoms. The van der Waals surface area contributed by atoms with E-state index in [1.54, 1.807) is 6.07 Å². The molecule has 112 valence electrons. The summed E-state index contributed by atoms with van der Waals surface area (Å²) in [6.45, 7) is 6.08. The molecule has 1 atom stereocenters. The van der Waals surface area contributed by atoms with Crippen LogP contribution in [-0.2, 0) is 0 Å². The van der Waals surface area contributed by atoms with E-state index in [0.717, 1.165) is 37.3 Å². The summed E-state index contributed by atoms with van der Waals surface area (Å²) in [6, 6.07) is 6.03. The maximum Gasteiger partial charge on any atom is 0.128 e. The van der Waals surface area contributed by atoms with Crippen molar-refractivity contribution in [2.75, 3.05) is 26.2 Å². The molecule has 1 heterocycles. The maximum absolute atomic E-state index is 14.3. The first-order chi connectivity index (χ1) is 9.25. The molecule has 1 aromatic rings. The molecule has 3 rings (SSSR count). The lowest BCUT2D eigenvalue weighted by atomic mass is 9.76. The minimum absolute atomic E-state index is 0. The fourth-order valence-corrected chi connectivity index (χ4v) is 3.34. The van der Waals surface area contributed by atoms with Crippen LogP contribution in [0, 0.1) is 18.7 Å². The van der Waals surface area contributed by atoms with Crippen LogP contribution in [0.1, 0.15) is 36.4 Å². The maximum atomic E-state index is 14.3. The number of hydrogen-bond donors (Lipinski definition) is 1. The van der Waals surface area contributed by atoms with E-state index in [1.165, 1.54) is 19.3 Å². The summed E-state index contributed by atoms with van der Waals surface area (Å²) in [5.41, 5.74) is 1.92. The topological polar surface area (TPSA) is 15.3 Å². The molecule has 0 spiro atoms. The molecule has 1 aromatic carbocycles. The van der Waals surface area contributed by atoms with Gasteiger partial charge in [-0.3, -0.25) is 4.90 Å². The van der Waals surface area contributed by atoms with Crippen molar-refractivity contribution in [3.63, 3.8) is 0 Å². The van der Waals surface area contributed by atoms with Gasteiger partial charge in [-0.2, -0.15) is 0 Å². The molecule has 4 heteroatoms. The Balaban J connectivity index is 0.00000147. The highest BCUT2D eigenvalue weighted by atomic mass is 35.5. The van der Waals surface area contributed by atoms with Gasteiger partial charge in [0.2, 0.25) is 0 Å². The zero-order valence-electron chi connectivity index (χ0n) is 12.1. The summed E-state index contributed by atoms with van der Waals surface area (Å²) in [5, 5.41) is 3.38. The normalized spacial score (nSPS) is 21.9. The molecule has 1 aliphatic carbocycles. The minimum atomic E-state index is -0.0181. The molecule has 2 fully saturated rings. The SMILES string of the molecule is Cc1ccc([C@@H](C2CCC2)N2CCNCC2)c(F)c1.Cl. The van der Waals surface area contributed by atoms with Crippen molar-refractivity contribution in [1.29, 1.82) is 0 Å². The van der Waals surface area contributed by atoms with E-state index in [2.05, 4.69) is 10.2 Å². The van der Waals surface area contributed by atoms with E-state index < -0.39 is 0 Å². The summed E-state index contributed by atoms with van der Waals surface area (Å²) in [5.74, 6) is 0.630. The van der Waals surface area contributed by atoms with E-state index in [9.17, 15) is 4.39 Å². The summed E-state index contributed by atoms with van der Waals surface area (Å²) < 4.78 is 14.3. The highest BCUT2D eigenvalue weighted by Gasteiger charge is 2.34. The second kappa shape index (κ2) is 6.88. The lowest BCUT2D eigenvalue weighted by Gasteiger charge is -2.43. The predicted octanol–water partition coefficient (Wildman–Crippen LogP) is 3.30. The molecule has 1 N–H and O–H groups in total. The summed E-state index contributed by atoms with van der Waals surface area (Å²) in [6.07, 6.45) is 3.81. The van der Waals surface area contributed by atoms with Crippen molar-refractivity contribution in [1.82, 2.24) is 10.2 Å². The minimum Gasteiger partial charge on any atom is -0.314 e. The lowest BCUT2D eigenvalue weighted by molar-refractivity contribution is 0.0812. The summed E-state index contributed by atoms with van der Waals surface area (Å²) >= 11 is 0. The second-order valence-electron chi connectivity index (χ2n) is 5.95. The predicted molar refractivity (Wildman–Crippen MR) is 82.9 cm³/mol. The number of hydrogen-bond acceptors (Lipinski definition) is 2. The lowest BCUT2D eigenvalue weighted by Crippen LogP contribution is -2.48. The van der Waals surface area contributed by atoms with E-state index in [4.69, 9.17) is 0 Å². The van der Waals surface area contributed by atoms with Crippen molar-refractivity contribution < 1.29 is 4.39 Å². The zero-order chi connectivity index (χ0) is 13.2. The van der Waals surface area contributed by atoms with Gasteiger partial charge < -0.3 is 5.32 Å². The Morgan fingerprint density at radius 1 is 1.25 bits per heavy atom. The average Bonchev–Trinajstić information content (AvgIpc) is 2.35. The molecule has 1 saturated heterocycles. The molecular formula is C16H24ClFN2. The number of nitrogens with zero attached hydrogens (tertiary/aromatic N) is 1. The molecule has 0 radical (unpaired) electrons. The highest BCUT2D eigenvalue weighted by molar-refractivity contribution is 5.85. The van der Waals surface area contributed by atoms with Crippen LogP contribution in [0.3, 0.4) is 0 Å². The third-order valence-corrected chi connectivity index (χ3v) is 4.62. The summed E-state index contributed by atoms with van der Waals surface area (Å²) in [7, 11) is 0. The molecule has 1 saturated carbocycles. The molecule has 2 nitrogen and oxygen atoms in total. The Kier molecular flexibility index (Phi) is 5.42. The van der Waals surface area contributed by atoms with Crippen LogP contribution < -0.4 is 5.32 Å². The van der Waals surface area contributed by atoms with Crippen molar-refractivity contribution >= 4 is 12.4 Å². The number of rotatable bonds is 3. The molecule has 1 aliphatic heterocycles. The Morgan fingerprint density at radius 2 is 1.95 bits per heavy atom. The van der Waals surface area contributed by atoms with Gasteiger partial charge in [-0.15, -0.1) is 12.4 Å². The number of aryl methyl sites for hydroxylation is 1. The van der Waals surface area contributed by atoms with Crippen LogP contribution >= 0.6 is 12.4 Å². The van der Waals surface area contributed by atoms with Gasteiger partial charge in [-0.25, -0.2) is 4.39 Å². The van der Waals surface area contributed by atoms with Crippen molar-refractivity contribution in [3.8, 4) is 0 Å². The first-order valence-corrected chi connectivity index (χ1v) is 7.46. The third kappa shape index (κ3) is 3.16. The smallest absolute Gasteiger partial charge is 0.128 e. The van der Waals surface area contributed by atoms with E-state index in [1.807, 2.05) is 19.1 Å². The molecule has 0 unspecified atom stereocenters. The Bertz CT molecular complexity index is 442. The molecule has 0 bridgehead atoms. The Morgan fingerprint density at radius 3 is 2.50 bits per heavy atom. The van der Waals surface area contributed by atoms with Crippen molar-refractivity contribution in [2.24, 2.45) is 5.92 Å². The molecule has 0 aromatic heterocycles. The Hall–Kier alpha value is -0.640. The molecule has 2 aliphatic rings. The van der Waals surface area contributed by atoms with Crippen LogP contribution in [0.25, 0.3) is 0 Å². The zero-order valence-corrected chi connectivity index (χ0v) is 12.9. The van der Waals surface area contributed by atoms with Crippen LogP contribution in [0.4, 0.5) is 4.39 Å². The third-order valence-electron chi connectivity index (χ3n) is 4.62. The molecule has 0 amide bonds. The monoisotopic (exact) mass is 298 g/mol. The van der Waals surface area contributed by atoms with Gasteiger partial charge in [0.1, 0.15) is 5.82 Å². The molecular weight excluding hydrogens is 275 g/mol. The van der Waals surface area contributed by atoms with E-state index in [0.29, 0.717) is 5.92 Å². The largest absolute Gasteiger partial charge is 0.314 e. The number of piperazine rings is 1. The van der Waals surface area contributed by atoms with Gasteiger partial charge in [-0.05, 0) is 37.3 Å². The first-order valence-electron chi connectivity index (χ1n) is 7.46. The first kappa shape index (κ1) is 15.7. The highest BCUT2D eigenvalue weighted by Crippen LogP contribution is 2.42. The van der Waals surface area contributed by atoms with Crippen molar-refractivity contribution in [2.45, 2.75) is 32.2 Å².